The topological polar surface area (TPSA) is 9.72 Å². The van der Waals surface area contributed by atoms with E-state index in [1.807, 2.05) is 0 Å². The van der Waals surface area contributed by atoms with Gasteiger partial charge in [0.15, 0.2) is 0 Å². The maximum atomic E-state index is 2.56. The van der Waals surface area contributed by atoms with E-state index in [4.69, 9.17) is 0 Å². The SMILES string of the molecule is CCC(C)N1c2ccc(N(C)CC)cc2-c2ccccc2-c2cc(N(CC)CC)ccc21. The quantitative estimate of drug-likeness (QED) is 0.385. The Kier molecular flexibility index (Phi) is 6.45. The Labute approximate surface area is 194 Å². The van der Waals surface area contributed by atoms with Gasteiger partial charge in [0.2, 0.25) is 0 Å². The predicted molar refractivity (Wildman–Crippen MR) is 142 cm³/mol. The van der Waals surface area contributed by atoms with Gasteiger partial charge in [-0.05, 0) is 81.6 Å². The van der Waals surface area contributed by atoms with E-state index in [9.17, 15) is 0 Å². The lowest BCUT2D eigenvalue weighted by atomic mass is 9.94. The van der Waals surface area contributed by atoms with Crippen molar-refractivity contribution in [3.63, 3.8) is 0 Å². The van der Waals surface area contributed by atoms with Crippen molar-refractivity contribution >= 4 is 22.7 Å². The molecule has 0 bridgehead atoms. The minimum Gasteiger partial charge on any atom is -0.375 e. The molecule has 4 rings (SSSR count). The predicted octanol–water partition coefficient (Wildman–Crippen LogP) is 7.57. The summed E-state index contributed by atoms with van der Waals surface area (Å²) in [6.07, 6.45) is 1.09. The third kappa shape index (κ3) is 3.74. The third-order valence-electron chi connectivity index (χ3n) is 7.06. The van der Waals surface area contributed by atoms with Crippen molar-refractivity contribution in [1.82, 2.24) is 0 Å². The first-order valence-corrected chi connectivity index (χ1v) is 12.2. The van der Waals surface area contributed by atoms with Gasteiger partial charge in [-0.15, -0.1) is 0 Å². The molecule has 1 unspecified atom stereocenters. The van der Waals surface area contributed by atoms with Gasteiger partial charge in [-0.1, -0.05) is 31.2 Å². The largest absolute Gasteiger partial charge is 0.375 e. The fraction of sp³-hybridized carbons (Fsp3) is 0.379. The van der Waals surface area contributed by atoms with E-state index in [-0.39, 0.29) is 0 Å². The molecule has 32 heavy (non-hydrogen) atoms. The van der Waals surface area contributed by atoms with Crippen LogP contribution in [-0.4, -0.2) is 32.7 Å². The normalized spacial score (nSPS) is 13.0. The minimum absolute atomic E-state index is 0.399. The lowest BCUT2D eigenvalue weighted by Gasteiger charge is -2.33. The van der Waals surface area contributed by atoms with Crippen molar-refractivity contribution in [2.75, 3.05) is 41.4 Å². The Morgan fingerprint density at radius 1 is 0.688 bits per heavy atom. The first-order valence-electron chi connectivity index (χ1n) is 12.2. The summed E-state index contributed by atoms with van der Waals surface area (Å²) in [4.78, 5) is 7.31. The fourth-order valence-corrected chi connectivity index (χ4v) is 4.85. The van der Waals surface area contributed by atoms with E-state index < -0.39 is 0 Å². The van der Waals surface area contributed by atoms with E-state index in [2.05, 4.69) is 117 Å². The van der Waals surface area contributed by atoms with Crippen molar-refractivity contribution in [2.24, 2.45) is 0 Å². The van der Waals surface area contributed by atoms with Crippen LogP contribution >= 0.6 is 0 Å². The number of anilines is 4. The Hall–Kier alpha value is -2.94. The smallest absolute Gasteiger partial charge is 0.0494 e. The summed E-state index contributed by atoms with van der Waals surface area (Å²) in [6.45, 7) is 14.3. The van der Waals surface area contributed by atoms with Crippen LogP contribution in [0.4, 0.5) is 22.7 Å². The molecule has 0 N–H and O–H groups in total. The molecule has 0 aliphatic carbocycles. The van der Waals surface area contributed by atoms with Crippen molar-refractivity contribution < 1.29 is 0 Å². The van der Waals surface area contributed by atoms with Gasteiger partial charge in [0.25, 0.3) is 0 Å². The lowest BCUT2D eigenvalue weighted by molar-refractivity contribution is 0.689. The maximum Gasteiger partial charge on any atom is 0.0494 e. The van der Waals surface area contributed by atoms with Crippen LogP contribution in [0.25, 0.3) is 22.3 Å². The summed E-state index contributed by atoms with van der Waals surface area (Å²) < 4.78 is 0. The van der Waals surface area contributed by atoms with E-state index in [1.54, 1.807) is 0 Å². The average molecular weight is 428 g/mol. The molecule has 3 aromatic carbocycles. The zero-order chi connectivity index (χ0) is 22.8. The maximum absolute atomic E-state index is 2.56. The molecule has 3 aromatic rings. The highest BCUT2D eigenvalue weighted by Crippen LogP contribution is 2.50. The van der Waals surface area contributed by atoms with Gasteiger partial charge in [0.1, 0.15) is 0 Å². The van der Waals surface area contributed by atoms with Crippen LogP contribution in [0.2, 0.25) is 0 Å². The zero-order valence-corrected chi connectivity index (χ0v) is 20.5. The number of hydrogen-bond donors (Lipinski definition) is 0. The molecular formula is C29H37N3. The summed E-state index contributed by atoms with van der Waals surface area (Å²) in [5, 5.41) is 0. The molecule has 0 aromatic heterocycles. The average Bonchev–Trinajstić information content (AvgIpc) is 2.96. The molecule has 0 saturated carbocycles. The van der Waals surface area contributed by atoms with Crippen molar-refractivity contribution in [2.45, 2.75) is 47.1 Å². The molecule has 0 amide bonds. The van der Waals surface area contributed by atoms with Crippen molar-refractivity contribution in [3.05, 3.63) is 60.7 Å². The second-order valence-corrected chi connectivity index (χ2v) is 8.76. The summed E-state index contributed by atoms with van der Waals surface area (Å²) in [5.41, 5.74) is 10.4. The molecule has 168 valence electrons. The van der Waals surface area contributed by atoms with Crippen molar-refractivity contribution in [1.29, 1.82) is 0 Å². The van der Waals surface area contributed by atoms with Gasteiger partial charge in [0, 0.05) is 66.6 Å². The number of hydrogen-bond acceptors (Lipinski definition) is 3. The molecule has 1 heterocycles. The Morgan fingerprint density at radius 2 is 1.22 bits per heavy atom. The van der Waals surface area contributed by atoms with Crippen LogP contribution in [0.1, 0.15) is 41.0 Å². The number of benzene rings is 3. The number of nitrogens with zero attached hydrogens (tertiary/aromatic N) is 3. The Morgan fingerprint density at radius 3 is 1.72 bits per heavy atom. The summed E-state index contributed by atoms with van der Waals surface area (Å²) in [6, 6.07) is 23.4. The molecule has 1 aliphatic heterocycles. The van der Waals surface area contributed by atoms with Gasteiger partial charge in [-0.25, -0.2) is 0 Å². The monoisotopic (exact) mass is 427 g/mol. The zero-order valence-electron chi connectivity index (χ0n) is 20.5. The molecule has 3 nitrogen and oxygen atoms in total. The highest BCUT2D eigenvalue weighted by Gasteiger charge is 2.28. The van der Waals surface area contributed by atoms with Crippen LogP contribution in [0.5, 0.6) is 0 Å². The first-order chi connectivity index (χ1) is 15.5. The van der Waals surface area contributed by atoms with E-state index in [0.29, 0.717) is 6.04 Å². The third-order valence-corrected chi connectivity index (χ3v) is 7.06. The van der Waals surface area contributed by atoms with Crippen LogP contribution in [-0.2, 0) is 0 Å². The Balaban J connectivity index is 2.04. The summed E-state index contributed by atoms with van der Waals surface area (Å²) in [7, 11) is 2.17. The van der Waals surface area contributed by atoms with Gasteiger partial charge >= 0.3 is 0 Å². The second kappa shape index (κ2) is 9.28. The van der Waals surface area contributed by atoms with Crippen LogP contribution in [0.3, 0.4) is 0 Å². The first kappa shape index (κ1) is 22.3. The molecule has 0 radical (unpaired) electrons. The fourth-order valence-electron chi connectivity index (χ4n) is 4.85. The summed E-state index contributed by atoms with van der Waals surface area (Å²) in [5.74, 6) is 0. The number of fused-ring (bicyclic) bond motifs is 5. The van der Waals surface area contributed by atoms with Gasteiger partial charge in [-0.2, -0.15) is 0 Å². The van der Waals surface area contributed by atoms with Crippen LogP contribution in [0, 0.1) is 0 Å². The second-order valence-electron chi connectivity index (χ2n) is 8.76. The van der Waals surface area contributed by atoms with Gasteiger partial charge < -0.3 is 14.7 Å². The molecule has 1 aliphatic rings. The van der Waals surface area contributed by atoms with E-state index >= 15 is 0 Å². The molecule has 0 saturated heterocycles. The highest BCUT2D eigenvalue weighted by atomic mass is 15.2. The molecule has 0 fully saturated rings. The van der Waals surface area contributed by atoms with Gasteiger partial charge in [-0.3, -0.25) is 0 Å². The summed E-state index contributed by atoms with van der Waals surface area (Å²) >= 11 is 0. The standard InChI is InChI=1S/C29H37N3/c1-7-21(5)32-28-17-15-22(30(6)8-2)19-26(28)24-13-11-12-14-25(24)27-20-23(16-18-29(27)32)31(9-3)10-4/h11-21H,7-10H2,1-6H3. The minimum atomic E-state index is 0.399. The molecule has 0 spiro atoms. The highest BCUT2D eigenvalue weighted by molar-refractivity contribution is 6.01. The van der Waals surface area contributed by atoms with Crippen molar-refractivity contribution in [3.8, 4) is 22.3 Å². The van der Waals surface area contributed by atoms with E-state index in [1.165, 1.54) is 45.0 Å². The molecule has 1 atom stereocenters. The van der Waals surface area contributed by atoms with Crippen LogP contribution in [0.15, 0.2) is 60.7 Å². The number of rotatable bonds is 7. The molecule has 3 heteroatoms. The molecular weight excluding hydrogens is 390 g/mol. The lowest BCUT2D eigenvalue weighted by Crippen LogP contribution is -2.28. The van der Waals surface area contributed by atoms with Crippen LogP contribution < -0.4 is 14.7 Å². The van der Waals surface area contributed by atoms with Gasteiger partial charge in [0.05, 0.1) is 0 Å². The Bertz CT molecular complexity index is 1080. The van der Waals surface area contributed by atoms with E-state index in [0.717, 1.165) is 26.1 Å².